The lowest BCUT2D eigenvalue weighted by Gasteiger charge is -2.21. The SMILES string of the molecule is COc1ccccc1N(C)S(=O)(=O)c1ccc(C(=O)NCCCOC(C)C)cc1. The van der Waals surface area contributed by atoms with Crippen LogP contribution in [0.3, 0.4) is 0 Å². The van der Waals surface area contributed by atoms with Gasteiger partial charge in [-0.2, -0.15) is 0 Å². The first-order valence-corrected chi connectivity index (χ1v) is 10.8. The number of benzene rings is 2. The van der Waals surface area contributed by atoms with Crippen molar-refractivity contribution in [3.8, 4) is 5.75 Å². The van der Waals surface area contributed by atoms with Crippen molar-refractivity contribution in [3.05, 3.63) is 54.1 Å². The van der Waals surface area contributed by atoms with Crippen LogP contribution in [0.25, 0.3) is 0 Å². The maximum atomic E-state index is 12.9. The van der Waals surface area contributed by atoms with Crippen molar-refractivity contribution in [1.82, 2.24) is 5.32 Å². The normalized spacial score (nSPS) is 11.3. The van der Waals surface area contributed by atoms with Crippen LogP contribution in [-0.2, 0) is 14.8 Å². The Morgan fingerprint density at radius 3 is 2.38 bits per heavy atom. The topological polar surface area (TPSA) is 84.9 Å². The second kappa shape index (κ2) is 10.3. The zero-order valence-electron chi connectivity index (χ0n) is 17.2. The summed E-state index contributed by atoms with van der Waals surface area (Å²) in [7, 11) is -0.841. The number of amides is 1. The largest absolute Gasteiger partial charge is 0.495 e. The van der Waals surface area contributed by atoms with Crippen LogP contribution < -0.4 is 14.4 Å². The van der Waals surface area contributed by atoms with E-state index in [9.17, 15) is 13.2 Å². The van der Waals surface area contributed by atoms with Crippen LogP contribution in [0, 0.1) is 0 Å². The summed E-state index contributed by atoms with van der Waals surface area (Å²) in [5.74, 6) is 0.201. The molecule has 29 heavy (non-hydrogen) atoms. The number of rotatable bonds is 10. The molecule has 0 aliphatic carbocycles. The van der Waals surface area contributed by atoms with Gasteiger partial charge in [0, 0.05) is 25.8 Å². The van der Waals surface area contributed by atoms with Crippen LogP contribution in [0.5, 0.6) is 5.75 Å². The first-order chi connectivity index (χ1) is 13.8. The second-order valence-corrected chi connectivity index (χ2v) is 8.67. The van der Waals surface area contributed by atoms with Crippen molar-refractivity contribution < 1.29 is 22.7 Å². The predicted molar refractivity (Wildman–Crippen MR) is 113 cm³/mol. The summed E-state index contributed by atoms with van der Waals surface area (Å²) in [5.41, 5.74) is 0.828. The van der Waals surface area contributed by atoms with E-state index in [1.165, 1.54) is 38.4 Å². The van der Waals surface area contributed by atoms with E-state index in [1.807, 2.05) is 13.8 Å². The summed E-state index contributed by atoms with van der Waals surface area (Å²) >= 11 is 0. The molecule has 0 aromatic heterocycles. The molecular formula is C21H28N2O5S. The highest BCUT2D eigenvalue weighted by Gasteiger charge is 2.23. The van der Waals surface area contributed by atoms with Gasteiger partial charge in [-0.15, -0.1) is 0 Å². The molecule has 0 aliphatic rings. The maximum Gasteiger partial charge on any atom is 0.264 e. The summed E-state index contributed by atoms with van der Waals surface area (Å²) in [6.45, 7) is 4.98. The molecule has 0 unspecified atom stereocenters. The zero-order valence-corrected chi connectivity index (χ0v) is 18.0. The number of nitrogens with one attached hydrogen (secondary N) is 1. The summed E-state index contributed by atoms with van der Waals surface area (Å²) < 4.78 is 37.7. The monoisotopic (exact) mass is 420 g/mol. The van der Waals surface area contributed by atoms with Gasteiger partial charge in [0.15, 0.2) is 0 Å². The van der Waals surface area contributed by atoms with E-state index in [4.69, 9.17) is 9.47 Å². The first kappa shape index (κ1) is 22.7. The fourth-order valence-corrected chi connectivity index (χ4v) is 3.86. The number of nitrogens with zero attached hydrogens (tertiary/aromatic N) is 1. The van der Waals surface area contributed by atoms with Crippen molar-refractivity contribution >= 4 is 21.6 Å². The number of hydrogen-bond donors (Lipinski definition) is 1. The van der Waals surface area contributed by atoms with E-state index < -0.39 is 10.0 Å². The minimum Gasteiger partial charge on any atom is -0.495 e. The van der Waals surface area contributed by atoms with Crippen molar-refractivity contribution in [1.29, 1.82) is 0 Å². The Morgan fingerprint density at radius 1 is 1.10 bits per heavy atom. The van der Waals surface area contributed by atoms with Gasteiger partial charge in [-0.05, 0) is 56.7 Å². The Hall–Kier alpha value is -2.58. The van der Waals surface area contributed by atoms with E-state index in [2.05, 4.69) is 5.32 Å². The van der Waals surface area contributed by atoms with Crippen LogP contribution >= 0.6 is 0 Å². The Morgan fingerprint density at radius 2 is 1.76 bits per heavy atom. The van der Waals surface area contributed by atoms with Crippen molar-refractivity contribution in [2.24, 2.45) is 0 Å². The standard InChI is InChI=1S/C21H28N2O5S/c1-16(2)28-15-7-14-22-21(24)17-10-12-18(13-11-17)29(25,26)23(3)19-8-5-6-9-20(19)27-4/h5-6,8-13,16H,7,14-15H2,1-4H3,(H,22,24). The molecule has 2 rings (SSSR count). The van der Waals surface area contributed by atoms with Crippen LogP contribution in [-0.4, -0.2) is 47.7 Å². The number of sulfonamides is 1. The molecule has 0 fully saturated rings. The number of anilines is 1. The first-order valence-electron chi connectivity index (χ1n) is 9.39. The average molecular weight is 421 g/mol. The summed E-state index contributed by atoms with van der Waals surface area (Å²) in [6.07, 6.45) is 0.870. The lowest BCUT2D eigenvalue weighted by Crippen LogP contribution is -2.27. The lowest BCUT2D eigenvalue weighted by atomic mass is 10.2. The molecule has 0 radical (unpaired) electrons. The van der Waals surface area contributed by atoms with E-state index in [1.54, 1.807) is 24.3 Å². The molecule has 0 spiro atoms. The van der Waals surface area contributed by atoms with E-state index in [0.717, 1.165) is 4.31 Å². The van der Waals surface area contributed by atoms with E-state index in [0.29, 0.717) is 36.6 Å². The molecule has 2 aromatic rings. The Labute approximate surface area is 172 Å². The van der Waals surface area contributed by atoms with Crippen LogP contribution in [0.2, 0.25) is 0 Å². The van der Waals surface area contributed by atoms with Crippen LogP contribution in [0.15, 0.2) is 53.4 Å². The number of carbonyl (C=O) groups excluding carboxylic acids is 1. The van der Waals surface area contributed by atoms with Gasteiger partial charge in [0.1, 0.15) is 5.75 Å². The molecule has 0 bridgehead atoms. The fourth-order valence-electron chi connectivity index (χ4n) is 2.65. The van der Waals surface area contributed by atoms with Crippen molar-refractivity contribution in [3.63, 3.8) is 0 Å². The minimum atomic E-state index is -3.79. The number of hydrogen-bond acceptors (Lipinski definition) is 5. The van der Waals surface area contributed by atoms with E-state index >= 15 is 0 Å². The molecule has 7 nitrogen and oxygen atoms in total. The Balaban J connectivity index is 2.05. The lowest BCUT2D eigenvalue weighted by molar-refractivity contribution is 0.0757. The molecule has 0 saturated carbocycles. The van der Waals surface area contributed by atoms with Gasteiger partial charge in [0.05, 0.1) is 23.8 Å². The molecule has 2 aromatic carbocycles. The number of para-hydroxylation sites is 2. The zero-order chi connectivity index (χ0) is 21.4. The van der Waals surface area contributed by atoms with Gasteiger partial charge in [0.25, 0.3) is 15.9 Å². The van der Waals surface area contributed by atoms with Gasteiger partial charge in [-0.1, -0.05) is 12.1 Å². The molecule has 0 atom stereocenters. The number of carbonyl (C=O) groups is 1. The van der Waals surface area contributed by atoms with Crippen LogP contribution in [0.4, 0.5) is 5.69 Å². The Bertz CT molecular complexity index is 911. The van der Waals surface area contributed by atoms with Crippen LogP contribution in [0.1, 0.15) is 30.6 Å². The minimum absolute atomic E-state index is 0.0905. The molecular weight excluding hydrogens is 392 g/mol. The van der Waals surface area contributed by atoms with Gasteiger partial charge in [-0.25, -0.2) is 8.42 Å². The third-order valence-corrected chi connectivity index (χ3v) is 6.04. The van der Waals surface area contributed by atoms with Gasteiger partial charge in [-0.3, -0.25) is 9.10 Å². The number of ether oxygens (including phenoxy) is 2. The number of methoxy groups -OCH3 is 1. The molecule has 158 valence electrons. The third-order valence-electron chi connectivity index (χ3n) is 4.26. The van der Waals surface area contributed by atoms with Gasteiger partial charge in [0.2, 0.25) is 0 Å². The molecule has 1 N–H and O–H groups in total. The fraction of sp³-hybridized carbons (Fsp3) is 0.381. The van der Waals surface area contributed by atoms with Crippen molar-refractivity contribution in [2.45, 2.75) is 31.3 Å². The maximum absolute atomic E-state index is 12.9. The average Bonchev–Trinajstić information content (AvgIpc) is 2.72. The second-order valence-electron chi connectivity index (χ2n) is 6.70. The smallest absolute Gasteiger partial charge is 0.264 e. The van der Waals surface area contributed by atoms with Crippen molar-refractivity contribution in [2.75, 3.05) is 31.6 Å². The van der Waals surface area contributed by atoms with Gasteiger partial charge < -0.3 is 14.8 Å². The summed E-state index contributed by atoms with van der Waals surface area (Å²) in [4.78, 5) is 12.3. The highest BCUT2D eigenvalue weighted by Crippen LogP contribution is 2.30. The molecule has 0 heterocycles. The molecule has 0 aliphatic heterocycles. The summed E-state index contributed by atoms with van der Waals surface area (Å²) in [6, 6.07) is 12.7. The van der Waals surface area contributed by atoms with Gasteiger partial charge >= 0.3 is 0 Å². The predicted octanol–water partition coefficient (Wildman–Crippen LogP) is 3.07. The molecule has 8 heteroatoms. The quantitative estimate of drug-likeness (QED) is 0.597. The van der Waals surface area contributed by atoms with E-state index in [-0.39, 0.29) is 16.9 Å². The molecule has 1 amide bonds. The highest BCUT2D eigenvalue weighted by atomic mass is 32.2. The molecule has 0 saturated heterocycles. The highest BCUT2D eigenvalue weighted by molar-refractivity contribution is 7.92. The third kappa shape index (κ3) is 5.95. The Kier molecular flexibility index (Phi) is 8.04. The summed E-state index contributed by atoms with van der Waals surface area (Å²) in [5, 5.41) is 2.80.